The molecule has 150 valence electrons. The van der Waals surface area contributed by atoms with E-state index in [1.807, 2.05) is 60.3 Å². The number of carbonyl (C=O) groups excluding carboxylic acids is 1. The highest BCUT2D eigenvalue weighted by Crippen LogP contribution is 2.38. The van der Waals surface area contributed by atoms with Gasteiger partial charge in [0.05, 0.1) is 18.3 Å². The van der Waals surface area contributed by atoms with Crippen molar-refractivity contribution in [2.24, 2.45) is 0 Å². The van der Waals surface area contributed by atoms with E-state index >= 15 is 0 Å². The summed E-state index contributed by atoms with van der Waals surface area (Å²) >= 11 is 1.87. The third kappa shape index (κ3) is 5.38. The second-order valence-electron chi connectivity index (χ2n) is 7.20. The average Bonchev–Trinajstić information content (AvgIpc) is 3.44. The maximum absolute atomic E-state index is 12.8. The van der Waals surface area contributed by atoms with E-state index in [0.717, 1.165) is 16.1 Å². The van der Waals surface area contributed by atoms with Gasteiger partial charge in [0, 0.05) is 10.1 Å². The van der Waals surface area contributed by atoms with Crippen molar-refractivity contribution >= 4 is 23.5 Å². The second kappa shape index (κ2) is 9.60. The van der Waals surface area contributed by atoms with Gasteiger partial charge in [-0.25, -0.2) is 9.78 Å². The molecule has 2 N–H and O–H groups in total. The average molecular weight is 408 g/mol. The highest BCUT2D eigenvalue weighted by Gasteiger charge is 2.19. The number of thioether (sulfide) groups is 1. The van der Waals surface area contributed by atoms with Crippen molar-refractivity contribution in [1.82, 2.24) is 20.1 Å². The van der Waals surface area contributed by atoms with Gasteiger partial charge in [0.2, 0.25) is 0 Å². The van der Waals surface area contributed by atoms with Crippen LogP contribution in [-0.4, -0.2) is 26.0 Å². The normalized spacial score (nSPS) is 15.2. The summed E-state index contributed by atoms with van der Waals surface area (Å²) in [6.45, 7) is 0.510. The minimum Gasteiger partial charge on any atom is -0.329 e. The van der Waals surface area contributed by atoms with E-state index in [4.69, 9.17) is 0 Å². The minimum absolute atomic E-state index is 0.215. The molecule has 2 amide bonds. The predicted octanol–water partition coefficient (Wildman–Crippen LogP) is 4.88. The van der Waals surface area contributed by atoms with Crippen LogP contribution in [0.2, 0.25) is 0 Å². The summed E-state index contributed by atoms with van der Waals surface area (Å²) in [5.41, 5.74) is 1.88. The minimum atomic E-state index is -0.224. The summed E-state index contributed by atoms with van der Waals surface area (Å²) in [6, 6.07) is 17.5. The van der Waals surface area contributed by atoms with E-state index in [0.29, 0.717) is 11.8 Å². The molecule has 1 atom stereocenters. The Balaban J connectivity index is 1.45. The number of amides is 2. The van der Waals surface area contributed by atoms with Gasteiger partial charge in [-0.05, 0) is 30.5 Å². The number of aromatic nitrogens is 3. The van der Waals surface area contributed by atoms with E-state index < -0.39 is 0 Å². The van der Waals surface area contributed by atoms with Gasteiger partial charge in [-0.1, -0.05) is 55.3 Å². The molecular formula is C22H25N5OS. The molecule has 1 aliphatic rings. The van der Waals surface area contributed by atoms with Crippen LogP contribution in [0.3, 0.4) is 0 Å². The zero-order valence-corrected chi connectivity index (χ0v) is 17.0. The van der Waals surface area contributed by atoms with Crippen LogP contribution < -0.4 is 10.6 Å². The zero-order valence-electron chi connectivity index (χ0n) is 16.2. The Morgan fingerprint density at radius 1 is 1.10 bits per heavy atom. The molecule has 6 nitrogen and oxygen atoms in total. The quantitative estimate of drug-likeness (QED) is 0.586. The largest absolute Gasteiger partial charge is 0.329 e. The standard InChI is InChI=1S/C22H25N5OS/c28-22(25-19-12-6-7-13-21(19)29-18-10-4-5-11-18)26-20(14-27-16-23-15-24-27)17-8-2-1-3-9-17/h1-3,6-9,12-13,15-16,18,20H,4-5,10-11,14H2,(H2,25,26,28)/t20-/m1/s1. The topological polar surface area (TPSA) is 71.8 Å². The van der Waals surface area contributed by atoms with Crippen molar-refractivity contribution in [3.8, 4) is 0 Å². The van der Waals surface area contributed by atoms with Crippen LogP contribution in [0.1, 0.15) is 37.3 Å². The number of rotatable bonds is 7. The molecule has 3 aromatic rings. The highest BCUT2D eigenvalue weighted by atomic mass is 32.2. The first-order valence-corrected chi connectivity index (χ1v) is 10.9. The van der Waals surface area contributed by atoms with E-state index in [-0.39, 0.29) is 12.1 Å². The number of para-hydroxylation sites is 1. The predicted molar refractivity (Wildman–Crippen MR) is 116 cm³/mol. The van der Waals surface area contributed by atoms with Gasteiger partial charge >= 0.3 is 6.03 Å². The number of hydrogen-bond donors (Lipinski definition) is 2. The summed E-state index contributed by atoms with van der Waals surface area (Å²) in [5.74, 6) is 0. The molecule has 1 saturated carbocycles. The molecule has 0 radical (unpaired) electrons. The molecule has 7 heteroatoms. The number of carbonyl (C=O) groups is 1. The number of benzene rings is 2. The van der Waals surface area contributed by atoms with E-state index in [2.05, 4.69) is 26.8 Å². The molecule has 0 spiro atoms. The Kier molecular flexibility index (Phi) is 6.46. The van der Waals surface area contributed by atoms with Crippen molar-refractivity contribution in [3.63, 3.8) is 0 Å². The molecule has 4 rings (SSSR count). The van der Waals surface area contributed by atoms with Crippen LogP contribution in [0.5, 0.6) is 0 Å². The van der Waals surface area contributed by atoms with Gasteiger partial charge in [-0.15, -0.1) is 11.8 Å². The van der Waals surface area contributed by atoms with E-state index in [9.17, 15) is 4.79 Å². The summed E-state index contributed by atoms with van der Waals surface area (Å²) < 4.78 is 1.72. The molecule has 29 heavy (non-hydrogen) atoms. The fourth-order valence-electron chi connectivity index (χ4n) is 3.61. The Bertz CT molecular complexity index is 910. The first-order valence-electron chi connectivity index (χ1n) is 9.98. The van der Waals surface area contributed by atoms with Crippen molar-refractivity contribution in [2.75, 3.05) is 5.32 Å². The third-order valence-corrected chi connectivity index (χ3v) is 6.49. The molecule has 2 aromatic carbocycles. The summed E-state index contributed by atoms with van der Waals surface area (Å²) in [7, 11) is 0. The van der Waals surface area contributed by atoms with Crippen LogP contribution in [0.15, 0.2) is 72.1 Å². The lowest BCUT2D eigenvalue weighted by molar-refractivity contribution is 0.246. The number of nitrogens with one attached hydrogen (secondary N) is 2. The maximum Gasteiger partial charge on any atom is 0.319 e. The third-order valence-electron chi connectivity index (χ3n) is 5.07. The second-order valence-corrected chi connectivity index (χ2v) is 8.54. The van der Waals surface area contributed by atoms with Gasteiger partial charge < -0.3 is 10.6 Å². The SMILES string of the molecule is O=C(Nc1ccccc1SC1CCCC1)N[C@H](Cn1cncn1)c1ccccc1. The molecule has 0 unspecified atom stereocenters. The Morgan fingerprint density at radius 3 is 2.62 bits per heavy atom. The van der Waals surface area contributed by atoms with E-state index in [1.165, 1.54) is 32.0 Å². The van der Waals surface area contributed by atoms with Crippen LogP contribution in [0.25, 0.3) is 0 Å². The lowest BCUT2D eigenvalue weighted by Crippen LogP contribution is -2.35. The Hall–Kier alpha value is -2.80. The van der Waals surface area contributed by atoms with Crippen LogP contribution in [0.4, 0.5) is 10.5 Å². The Morgan fingerprint density at radius 2 is 1.86 bits per heavy atom. The first-order chi connectivity index (χ1) is 14.3. The van der Waals surface area contributed by atoms with Crippen LogP contribution in [0, 0.1) is 0 Å². The molecular weight excluding hydrogens is 382 g/mol. The lowest BCUT2D eigenvalue weighted by atomic mass is 10.1. The summed E-state index contributed by atoms with van der Waals surface area (Å²) in [6.07, 6.45) is 8.25. The number of urea groups is 1. The Labute approximate surface area is 175 Å². The van der Waals surface area contributed by atoms with Crippen molar-refractivity contribution in [2.45, 2.75) is 48.4 Å². The molecule has 1 heterocycles. The lowest BCUT2D eigenvalue weighted by Gasteiger charge is -2.20. The molecule has 1 aromatic heterocycles. The first kappa shape index (κ1) is 19.5. The number of nitrogens with zero attached hydrogens (tertiary/aromatic N) is 3. The fraction of sp³-hybridized carbons (Fsp3) is 0.318. The summed E-state index contributed by atoms with van der Waals surface area (Å²) in [4.78, 5) is 18.0. The molecule has 0 aliphatic heterocycles. The monoisotopic (exact) mass is 407 g/mol. The molecule has 1 fully saturated rings. The van der Waals surface area contributed by atoms with E-state index in [1.54, 1.807) is 11.0 Å². The fourth-order valence-corrected chi connectivity index (χ4v) is 4.94. The molecule has 0 saturated heterocycles. The van der Waals surface area contributed by atoms with Crippen LogP contribution >= 0.6 is 11.8 Å². The number of anilines is 1. The van der Waals surface area contributed by atoms with Gasteiger partial charge in [-0.2, -0.15) is 5.10 Å². The molecule has 0 bridgehead atoms. The van der Waals surface area contributed by atoms with Crippen molar-refractivity contribution < 1.29 is 4.79 Å². The van der Waals surface area contributed by atoms with Crippen molar-refractivity contribution in [1.29, 1.82) is 0 Å². The highest BCUT2D eigenvalue weighted by molar-refractivity contribution is 8.00. The number of hydrogen-bond acceptors (Lipinski definition) is 4. The van der Waals surface area contributed by atoms with Gasteiger partial charge in [0.1, 0.15) is 12.7 Å². The van der Waals surface area contributed by atoms with Gasteiger partial charge in [0.15, 0.2) is 0 Å². The smallest absolute Gasteiger partial charge is 0.319 e. The molecule has 1 aliphatic carbocycles. The summed E-state index contributed by atoms with van der Waals surface area (Å²) in [5, 5.41) is 11.0. The van der Waals surface area contributed by atoms with Gasteiger partial charge in [-0.3, -0.25) is 4.68 Å². The van der Waals surface area contributed by atoms with Crippen molar-refractivity contribution in [3.05, 3.63) is 72.8 Å². The zero-order chi connectivity index (χ0) is 19.9. The van der Waals surface area contributed by atoms with Crippen LogP contribution in [-0.2, 0) is 6.54 Å². The van der Waals surface area contributed by atoms with Gasteiger partial charge in [0.25, 0.3) is 0 Å². The maximum atomic E-state index is 12.8.